The summed E-state index contributed by atoms with van der Waals surface area (Å²) in [6.07, 6.45) is 2.77. The number of halogens is 1. The van der Waals surface area contributed by atoms with Gasteiger partial charge in [0.05, 0.1) is 12.8 Å². The van der Waals surface area contributed by atoms with Gasteiger partial charge in [-0.15, -0.1) is 0 Å². The molecule has 0 aliphatic heterocycles. The minimum Gasteiger partial charge on any atom is -0.495 e. The van der Waals surface area contributed by atoms with Gasteiger partial charge in [-0.3, -0.25) is 4.79 Å². The van der Waals surface area contributed by atoms with Crippen LogP contribution in [0.15, 0.2) is 48.5 Å². The molecule has 0 bridgehead atoms. The van der Waals surface area contributed by atoms with E-state index in [1.807, 2.05) is 18.2 Å². The Labute approximate surface area is 170 Å². The highest BCUT2D eigenvalue weighted by Crippen LogP contribution is 2.31. The lowest BCUT2D eigenvalue weighted by atomic mass is 9.87. The molecule has 0 spiro atoms. The molecule has 0 heterocycles. The predicted molar refractivity (Wildman–Crippen MR) is 112 cm³/mol. The zero-order valence-corrected chi connectivity index (χ0v) is 17.2. The number of anilines is 1. The number of methoxy groups -OCH3 is 1. The molecule has 0 radical (unpaired) electrons. The van der Waals surface area contributed by atoms with Gasteiger partial charge in [0.25, 0.3) is 5.91 Å². The monoisotopic (exact) mass is 401 g/mol. The Morgan fingerprint density at radius 2 is 1.86 bits per heavy atom. The third-order valence-electron chi connectivity index (χ3n) is 3.99. The maximum Gasteiger partial charge on any atom is 0.331 e. The highest BCUT2D eigenvalue weighted by atomic mass is 35.5. The normalized spacial score (nSPS) is 11.3. The van der Waals surface area contributed by atoms with Gasteiger partial charge >= 0.3 is 5.97 Å². The molecule has 0 atom stereocenters. The Kier molecular flexibility index (Phi) is 7.24. The van der Waals surface area contributed by atoms with Crippen LogP contribution in [0.1, 0.15) is 31.9 Å². The molecule has 0 aliphatic rings. The van der Waals surface area contributed by atoms with Crippen LogP contribution in [0.4, 0.5) is 5.69 Å². The van der Waals surface area contributed by atoms with Crippen LogP contribution in [0, 0.1) is 0 Å². The zero-order valence-electron chi connectivity index (χ0n) is 16.4. The Hall–Kier alpha value is -2.79. The van der Waals surface area contributed by atoms with E-state index in [4.69, 9.17) is 21.1 Å². The second-order valence-electron chi connectivity index (χ2n) is 7.18. The second-order valence-corrected chi connectivity index (χ2v) is 7.58. The summed E-state index contributed by atoms with van der Waals surface area (Å²) >= 11 is 6.02. The van der Waals surface area contributed by atoms with Crippen LogP contribution >= 0.6 is 11.6 Å². The van der Waals surface area contributed by atoms with Crippen LogP contribution in [0.5, 0.6) is 5.75 Å². The van der Waals surface area contributed by atoms with E-state index in [9.17, 15) is 9.59 Å². The van der Waals surface area contributed by atoms with Crippen molar-refractivity contribution in [2.75, 3.05) is 19.0 Å². The fourth-order valence-electron chi connectivity index (χ4n) is 2.41. The van der Waals surface area contributed by atoms with Gasteiger partial charge in [0.1, 0.15) is 5.75 Å². The maximum absolute atomic E-state index is 12.2. The van der Waals surface area contributed by atoms with E-state index in [1.54, 1.807) is 30.3 Å². The molecule has 1 amide bonds. The molecule has 0 saturated carbocycles. The molecule has 28 heavy (non-hydrogen) atoms. The van der Waals surface area contributed by atoms with E-state index in [1.165, 1.54) is 13.2 Å². The second kappa shape index (κ2) is 9.42. The van der Waals surface area contributed by atoms with Crippen molar-refractivity contribution in [3.05, 3.63) is 64.7 Å². The molecule has 2 aromatic rings. The van der Waals surface area contributed by atoms with E-state index in [2.05, 4.69) is 26.1 Å². The lowest BCUT2D eigenvalue weighted by Crippen LogP contribution is -2.21. The van der Waals surface area contributed by atoms with Gasteiger partial charge in [-0.1, -0.05) is 56.6 Å². The van der Waals surface area contributed by atoms with E-state index >= 15 is 0 Å². The number of rotatable bonds is 6. The number of hydrogen-bond acceptors (Lipinski definition) is 4. The smallest absolute Gasteiger partial charge is 0.331 e. The molecule has 2 aromatic carbocycles. The summed E-state index contributed by atoms with van der Waals surface area (Å²) in [5.41, 5.74) is 2.18. The van der Waals surface area contributed by atoms with Crippen LogP contribution in [-0.2, 0) is 19.7 Å². The third-order valence-corrected chi connectivity index (χ3v) is 4.33. The van der Waals surface area contributed by atoms with E-state index < -0.39 is 18.5 Å². The summed E-state index contributed by atoms with van der Waals surface area (Å²) in [5.74, 6) is -0.555. The number of carbonyl (C=O) groups excluding carboxylic acids is 2. The zero-order chi connectivity index (χ0) is 20.7. The maximum atomic E-state index is 12.2. The van der Waals surface area contributed by atoms with E-state index in [-0.39, 0.29) is 5.41 Å². The summed E-state index contributed by atoms with van der Waals surface area (Å²) in [5, 5.41) is 3.25. The lowest BCUT2D eigenvalue weighted by Gasteiger charge is -2.21. The predicted octanol–water partition coefficient (Wildman–Crippen LogP) is 4.84. The van der Waals surface area contributed by atoms with Gasteiger partial charge in [0.15, 0.2) is 6.61 Å². The van der Waals surface area contributed by atoms with Gasteiger partial charge in [0.2, 0.25) is 0 Å². The topological polar surface area (TPSA) is 64.6 Å². The van der Waals surface area contributed by atoms with Gasteiger partial charge in [-0.05, 0) is 40.8 Å². The number of amides is 1. The third kappa shape index (κ3) is 6.13. The largest absolute Gasteiger partial charge is 0.495 e. The summed E-state index contributed by atoms with van der Waals surface area (Å²) in [7, 11) is 1.53. The lowest BCUT2D eigenvalue weighted by molar-refractivity contribution is -0.142. The molecule has 2 rings (SSSR count). The van der Waals surface area contributed by atoms with E-state index in [0.29, 0.717) is 22.0 Å². The molecule has 6 heteroatoms. The fraction of sp³-hybridized carbons (Fsp3) is 0.273. The number of hydrogen-bond donors (Lipinski definition) is 1. The van der Waals surface area contributed by atoms with Crippen molar-refractivity contribution >= 4 is 35.2 Å². The number of nitrogens with one attached hydrogen (secondary N) is 1. The van der Waals surface area contributed by atoms with Gasteiger partial charge in [0, 0.05) is 11.1 Å². The molecule has 0 aromatic heterocycles. The fourth-order valence-corrected chi connectivity index (χ4v) is 2.61. The first-order valence-electron chi connectivity index (χ1n) is 8.78. The Balaban J connectivity index is 1.97. The Morgan fingerprint density at radius 1 is 1.14 bits per heavy atom. The van der Waals surface area contributed by atoms with Crippen molar-refractivity contribution in [1.29, 1.82) is 0 Å². The molecule has 0 fully saturated rings. The Bertz CT molecular complexity index is 884. The highest BCUT2D eigenvalue weighted by Gasteiger charge is 2.17. The van der Waals surface area contributed by atoms with Crippen molar-refractivity contribution in [3.63, 3.8) is 0 Å². The van der Waals surface area contributed by atoms with Gasteiger partial charge in [-0.2, -0.15) is 0 Å². The minimum absolute atomic E-state index is 0.0816. The molecule has 0 aliphatic carbocycles. The Morgan fingerprint density at radius 3 is 2.50 bits per heavy atom. The van der Waals surface area contributed by atoms with Crippen LogP contribution < -0.4 is 10.1 Å². The van der Waals surface area contributed by atoms with Crippen molar-refractivity contribution in [3.8, 4) is 5.75 Å². The summed E-state index contributed by atoms with van der Waals surface area (Å²) in [6.45, 7) is 5.82. The van der Waals surface area contributed by atoms with Crippen molar-refractivity contribution in [1.82, 2.24) is 0 Å². The molecular formula is C22H24ClNO4. The first-order valence-corrected chi connectivity index (χ1v) is 9.16. The number of benzene rings is 2. The summed E-state index contributed by atoms with van der Waals surface area (Å²) in [6, 6.07) is 12.7. The van der Waals surface area contributed by atoms with Crippen LogP contribution in [0.2, 0.25) is 5.02 Å². The van der Waals surface area contributed by atoms with Gasteiger partial charge < -0.3 is 14.8 Å². The molecule has 148 valence electrons. The average Bonchev–Trinajstić information content (AvgIpc) is 2.65. The van der Waals surface area contributed by atoms with Crippen LogP contribution in [-0.4, -0.2) is 25.6 Å². The number of esters is 1. The average molecular weight is 402 g/mol. The molecular weight excluding hydrogens is 378 g/mol. The van der Waals surface area contributed by atoms with E-state index in [0.717, 1.165) is 5.56 Å². The quantitative estimate of drug-likeness (QED) is 0.555. The van der Waals surface area contributed by atoms with Crippen molar-refractivity contribution < 1.29 is 19.1 Å². The molecule has 0 unspecified atom stereocenters. The molecule has 0 saturated heterocycles. The minimum atomic E-state index is -0.634. The summed E-state index contributed by atoms with van der Waals surface area (Å²) < 4.78 is 10.3. The van der Waals surface area contributed by atoms with Crippen molar-refractivity contribution in [2.45, 2.75) is 26.2 Å². The molecule has 1 N–H and O–H groups in total. The van der Waals surface area contributed by atoms with Crippen LogP contribution in [0.25, 0.3) is 6.08 Å². The van der Waals surface area contributed by atoms with Crippen molar-refractivity contribution in [2.24, 2.45) is 0 Å². The SMILES string of the molecule is COc1ccc(C(C)(C)C)cc1NC(=O)COC(=O)/C=C/c1ccccc1Cl. The molecule has 5 nitrogen and oxygen atoms in total. The first kappa shape index (κ1) is 21.5. The summed E-state index contributed by atoms with van der Waals surface area (Å²) in [4.78, 5) is 24.0. The van der Waals surface area contributed by atoms with Crippen LogP contribution in [0.3, 0.4) is 0 Å². The first-order chi connectivity index (χ1) is 13.2. The standard InChI is InChI=1S/C22H24ClNO4/c1-22(2,3)16-10-11-19(27-4)18(13-16)24-20(25)14-28-21(26)12-9-15-7-5-6-8-17(15)23/h5-13H,14H2,1-4H3,(H,24,25)/b12-9+. The number of carbonyl (C=O) groups is 2. The highest BCUT2D eigenvalue weighted by molar-refractivity contribution is 6.32. The number of ether oxygens (including phenoxy) is 2. The van der Waals surface area contributed by atoms with Gasteiger partial charge in [-0.25, -0.2) is 4.79 Å².